The molecule has 0 spiro atoms. The normalized spacial score (nSPS) is 15.5. The Labute approximate surface area is 146 Å². The molecule has 2 aromatic carbocycles. The fourth-order valence-corrected chi connectivity index (χ4v) is 2.59. The molecule has 0 saturated carbocycles. The first kappa shape index (κ1) is 15.4. The molecule has 122 valence electrons. The number of halogens is 1. The van der Waals surface area contributed by atoms with Gasteiger partial charge in [-0.3, -0.25) is 4.79 Å². The maximum absolute atomic E-state index is 12.5. The van der Waals surface area contributed by atoms with Crippen molar-refractivity contribution in [2.45, 2.75) is 0 Å². The Hall–Kier alpha value is -3.18. The lowest BCUT2D eigenvalue weighted by atomic mass is 10.1. The number of hydrogen-bond acceptors (Lipinski definition) is 5. The van der Waals surface area contributed by atoms with Gasteiger partial charge in [-0.25, -0.2) is 9.79 Å². The number of esters is 1. The standard InChI is InChI=1S/C19H10ClNO4/c20-13-7-5-11(6-8-13)18-21-15(19(23)25-18)9-12-10-24-16-4-2-1-3-14(16)17(12)22/h1-10H. The molecule has 0 atom stereocenters. The first-order valence-corrected chi connectivity index (χ1v) is 7.79. The monoisotopic (exact) mass is 351 g/mol. The van der Waals surface area contributed by atoms with Gasteiger partial charge in [0.15, 0.2) is 11.1 Å². The summed E-state index contributed by atoms with van der Waals surface area (Å²) < 4.78 is 10.6. The maximum Gasteiger partial charge on any atom is 0.363 e. The van der Waals surface area contributed by atoms with E-state index in [1.54, 1.807) is 48.5 Å². The second-order valence-corrected chi connectivity index (χ2v) is 5.80. The van der Waals surface area contributed by atoms with E-state index in [9.17, 15) is 9.59 Å². The summed E-state index contributed by atoms with van der Waals surface area (Å²) in [4.78, 5) is 28.7. The topological polar surface area (TPSA) is 68.9 Å². The first-order chi connectivity index (χ1) is 12.1. The smallest absolute Gasteiger partial charge is 0.363 e. The van der Waals surface area contributed by atoms with E-state index in [-0.39, 0.29) is 22.6 Å². The number of ether oxygens (including phenoxy) is 1. The van der Waals surface area contributed by atoms with Crippen LogP contribution in [0.3, 0.4) is 0 Å². The van der Waals surface area contributed by atoms with Crippen molar-refractivity contribution in [3.63, 3.8) is 0 Å². The zero-order valence-corrected chi connectivity index (χ0v) is 13.5. The molecule has 6 heteroatoms. The average molecular weight is 352 g/mol. The Kier molecular flexibility index (Phi) is 3.71. The van der Waals surface area contributed by atoms with Crippen LogP contribution >= 0.6 is 11.6 Å². The van der Waals surface area contributed by atoms with Gasteiger partial charge in [-0.1, -0.05) is 23.7 Å². The van der Waals surface area contributed by atoms with Crippen molar-refractivity contribution in [1.82, 2.24) is 0 Å². The number of hydrogen-bond donors (Lipinski definition) is 0. The summed E-state index contributed by atoms with van der Waals surface area (Å²) >= 11 is 5.84. The van der Waals surface area contributed by atoms with E-state index in [0.717, 1.165) is 0 Å². The van der Waals surface area contributed by atoms with E-state index in [1.165, 1.54) is 12.3 Å². The van der Waals surface area contributed by atoms with Crippen LogP contribution in [-0.2, 0) is 9.53 Å². The van der Waals surface area contributed by atoms with Crippen molar-refractivity contribution in [3.8, 4) is 0 Å². The second-order valence-electron chi connectivity index (χ2n) is 5.36. The Morgan fingerprint density at radius 2 is 1.76 bits per heavy atom. The molecule has 0 N–H and O–H groups in total. The van der Waals surface area contributed by atoms with Crippen LogP contribution in [0.25, 0.3) is 17.0 Å². The highest BCUT2D eigenvalue weighted by molar-refractivity contribution is 6.30. The first-order valence-electron chi connectivity index (χ1n) is 7.41. The molecule has 0 saturated heterocycles. The Morgan fingerprint density at radius 3 is 2.56 bits per heavy atom. The van der Waals surface area contributed by atoms with E-state index in [2.05, 4.69) is 4.99 Å². The molecule has 1 aliphatic rings. The summed E-state index contributed by atoms with van der Waals surface area (Å²) in [6, 6.07) is 13.6. The van der Waals surface area contributed by atoms with Gasteiger partial charge in [-0.05, 0) is 42.5 Å². The van der Waals surface area contributed by atoms with Crippen LogP contribution < -0.4 is 5.43 Å². The van der Waals surface area contributed by atoms with Gasteiger partial charge >= 0.3 is 5.97 Å². The molecule has 1 aliphatic heterocycles. The summed E-state index contributed by atoms with van der Waals surface area (Å²) in [6.07, 6.45) is 2.67. The molecule has 5 nitrogen and oxygen atoms in total. The molecule has 0 aliphatic carbocycles. The zero-order chi connectivity index (χ0) is 17.4. The van der Waals surface area contributed by atoms with E-state index < -0.39 is 5.97 Å². The van der Waals surface area contributed by atoms with E-state index in [0.29, 0.717) is 21.6 Å². The van der Waals surface area contributed by atoms with Gasteiger partial charge in [0.05, 0.1) is 10.9 Å². The number of carbonyl (C=O) groups is 1. The molecule has 3 aromatic rings. The number of rotatable bonds is 2. The minimum Gasteiger partial charge on any atom is -0.463 e. The summed E-state index contributed by atoms with van der Waals surface area (Å²) in [7, 11) is 0. The highest BCUT2D eigenvalue weighted by Crippen LogP contribution is 2.20. The fourth-order valence-electron chi connectivity index (χ4n) is 2.46. The van der Waals surface area contributed by atoms with E-state index in [4.69, 9.17) is 20.8 Å². The number of benzene rings is 2. The molecule has 0 radical (unpaired) electrons. The molecule has 25 heavy (non-hydrogen) atoms. The SMILES string of the molecule is O=C1OC(c2ccc(Cl)cc2)=NC1=Cc1coc2ccccc2c1=O. The fraction of sp³-hybridized carbons (Fsp3) is 0. The maximum atomic E-state index is 12.5. The zero-order valence-electron chi connectivity index (χ0n) is 12.7. The van der Waals surface area contributed by atoms with E-state index in [1.807, 2.05) is 0 Å². The van der Waals surface area contributed by atoms with Gasteiger partial charge in [0.1, 0.15) is 11.8 Å². The highest BCUT2D eigenvalue weighted by Gasteiger charge is 2.24. The molecular weight excluding hydrogens is 342 g/mol. The van der Waals surface area contributed by atoms with Crippen molar-refractivity contribution in [3.05, 3.63) is 86.9 Å². The quantitative estimate of drug-likeness (QED) is 0.520. The largest absolute Gasteiger partial charge is 0.463 e. The predicted octanol–water partition coefficient (Wildman–Crippen LogP) is 3.79. The van der Waals surface area contributed by atoms with Gasteiger partial charge < -0.3 is 9.15 Å². The van der Waals surface area contributed by atoms with Crippen LogP contribution in [0.5, 0.6) is 0 Å². The van der Waals surface area contributed by atoms with Gasteiger partial charge in [-0.15, -0.1) is 0 Å². The lowest BCUT2D eigenvalue weighted by molar-refractivity contribution is -0.129. The summed E-state index contributed by atoms with van der Waals surface area (Å²) in [6.45, 7) is 0. The summed E-state index contributed by atoms with van der Waals surface area (Å²) in [5.74, 6) is -0.462. The van der Waals surface area contributed by atoms with E-state index >= 15 is 0 Å². The number of para-hydroxylation sites is 1. The van der Waals surface area contributed by atoms with Crippen molar-refractivity contribution in [2.75, 3.05) is 0 Å². The third-order valence-corrected chi connectivity index (χ3v) is 3.96. The molecule has 0 fully saturated rings. The molecule has 0 unspecified atom stereocenters. The minimum atomic E-state index is -0.627. The second kappa shape index (κ2) is 6.03. The van der Waals surface area contributed by atoms with Gasteiger partial charge in [0, 0.05) is 10.6 Å². The molecule has 0 amide bonds. The van der Waals surface area contributed by atoms with Gasteiger partial charge in [0.2, 0.25) is 5.90 Å². The lowest BCUT2D eigenvalue weighted by Gasteiger charge is -1.98. The average Bonchev–Trinajstić information content (AvgIpc) is 2.99. The van der Waals surface area contributed by atoms with Crippen molar-refractivity contribution in [1.29, 1.82) is 0 Å². The van der Waals surface area contributed by atoms with Crippen LogP contribution in [0.1, 0.15) is 11.1 Å². The van der Waals surface area contributed by atoms with Crippen molar-refractivity contribution in [2.24, 2.45) is 4.99 Å². The lowest BCUT2D eigenvalue weighted by Crippen LogP contribution is -2.07. The van der Waals surface area contributed by atoms with Crippen LogP contribution in [0.15, 0.2) is 74.7 Å². The van der Waals surface area contributed by atoms with Crippen molar-refractivity contribution >= 4 is 40.5 Å². The van der Waals surface area contributed by atoms with Crippen LogP contribution in [0.4, 0.5) is 0 Å². The Balaban J connectivity index is 1.76. The molecule has 2 heterocycles. The third kappa shape index (κ3) is 2.86. The summed E-state index contributed by atoms with van der Waals surface area (Å²) in [5, 5.41) is 1.00. The molecule has 0 bridgehead atoms. The van der Waals surface area contributed by atoms with Crippen LogP contribution in [0, 0.1) is 0 Å². The number of fused-ring (bicyclic) bond motifs is 1. The third-order valence-electron chi connectivity index (χ3n) is 3.71. The van der Waals surface area contributed by atoms with Crippen LogP contribution in [0.2, 0.25) is 5.02 Å². The van der Waals surface area contributed by atoms with Crippen molar-refractivity contribution < 1.29 is 13.9 Å². The Morgan fingerprint density at radius 1 is 1.00 bits per heavy atom. The number of cyclic esters (lactones) is 1. The van der Waals surface area contributed by atoms with Gasteiger partial charge in [-0.2, -0.15) is 0 Å². The number of aliphatic imine (C=N–C) groups is 1. The van der Waals surface area contributed by atoms with Crippen LogP contribution in [-0.4, -0.2) is 11.9 Å². The number of nitrogens with zero attached hydrogens (tertiary/aromatic N) is 1. The number of carbonyl (C=O) groups excluding carboxylic acids is 1. The molecular formula is C19H10ClNO4. The highest BCUT2D eigenvalue weighted by atomic mass is 35.5. The predicted molar refractivity (Wildman–Crippen MR) is 94.5 cm³/mol. The molecule has 4 rings (SSSR count). The Bertz CT molecular complexity index is 1110. The minimum absolute atomic E-state index is 0.0348. The summed E-state index contributed by atoms with van der Waals surface area (Å²) in [5.41, 5.74) is 1.12. The van der Waals surface area contributed by atoms with Gasteiger partial charge in [0.25, 0.3) is 0 Å². The molecule has 1 aromatic heterocycles.